The number of nitro benzene ring substituents is 1. The van der Waals surface area contributed by atoms with Gasteiger partial charge in [0, 0.05) is 23.6 Å². The molecule has 22 heavy (non-hydrogen) atoms. The molecule has 7 heteroatoms. The summed E-state index contributed by atoms with van der Waals surface area (Å²) in [5.41, 5.74) is 0.887. The maximum Gasteiger partial charge on any atom is 0.269 e. The Bertz CT molecular complexity index is 669. The zero-order valence-corrected chi connectivity index (χ0v) is 13.4. The van der Waals surface area contributed by atoms with E-state index in [9.17, 15) is 19.7 Å². The summed E-state index contributed by atoms with van der Waals surface area (Å²) in [5, 5.41) is 10.6. The molecule has 0 spiro atoms. The average molecular weight is 335 g/mol. The van der Waals surface area contributed by atoms with Gasteiger partial charge in [-0.2, -0.15) is 0 Å². The number of Topliss-reactive ketones (excluding diaryl/α,β-unsaturated/α-hetero) is 1. The molecule has 1 aliphatic rings. The number of nitrogens with zero attached hydrogens (tertiary/aromatic N) is 1. The van der Waals surface area contributed by atoms with E-state index < -0.39 is 4.92 Å². The van der Waals surface area contributed by atoms with Crippen molar-refractivity contribution in [2.75, 3.05) is 11.5 Å². The number of ketones is 2. The number of thioether (sulfide) groups is 2. The van der Waals surface area contributed by atoms with Crippen LogP contribution in [0, 0.1) is 10.1 Å². The number of allylic oxidation sites excluding steroid dienone is 2. The zero-order chi connectivity index (χ0) is 16.1. The molecule has 2 rings (SSSR count). The fraction of sp³-hybridized carbons (Fsp3) is 0.200. The van der Waals surface area contributed by atoms with Crippen LogP contribution in [0.1, 0.15) is 12.5 Å². The number of benzene rings is 1. The third-order valence-electron chi connectivity index (χ3n) is 2.88. The lowest BCUT2D eigenvalue weighted by atomic mass is 10.1. The quantitative estimate of drug-likeness (QED) is 0.270. The third-order valence-corrected chi connectivity index (χ3v) is 5.60. The molecule has 0 bridgehead atoms. The lowest BCUT2D eigenvalue weighted by Gasteiger charge is -2.02. The first kappa shape index (κ1) is 16.5. The summed E-state index contributed by atoms with van der Waals surface area (Å²) in [5.74, 6) is 1.23. The molecule has 1 heterocycles. The van der Waals surface area contributed by atoms with Crippen molar-refractivity contribution in [2.24, 2.45) is 0 Å². The molecule has 0 N–H and O–H groups in total. The maximum atomic E-state index is 12.2. The second-order valence-electron chi connectivity index (χ2n) is 4.46. The van der Waals surface area contributed by atoms with E-state index in [1.807, 2.05) is 0 Å². The summed E-state index contributed by atoms with van der Waals surface area (Å²) >= 11 is 3.05. The molecule has 0 amide bonds. The second-order valence-corrected chi connectivity index (χ2v) is 6.93. The predicted octanol–water partition coefficient (Wildman–Crippen LogP) is 3.46. The molecule has 1 fully saturated rings. The molecule has 1 aliphatic heterocycles. The first-order valence-corrected chi connectivity index (χ1v) is 8.44. The second kappa shape index (κ2) is 7.42. The number of hydrogen-bond donors (Lipinski definition) is 0. The molecule has 1 aromatic carbocycles. The largest absolute Gasteiger partial charge is 0.294 e. The van der Waals surface area contributed by atoms with Crippen LogP contribution in [0.4, 0.5) is 5.69 Å². The van der Waals surface area contributed by atoms with Gasteiger partial charge in [-0.25, -0.2) is 0 Å². The summed E-state index contributed by atoms with van der Waals surface area (Å²) < 4.78 is 0.783. The normalized spacial score (nSPS) is 14.3. The number of rotatable bonds is 5. The monoisotopic (exact) mass is 335 g/mol. The zero-order valence-electron chi connectivity index (χ0n) is 11.8. The van der Waals surface area contributed by atoms with Crippen molar-refractivity contribution in [3.63, 3.8) is 0 Å². The Labute approximate surface area is 136 Å². The highest BCUT2D eigenvalue weighted by Gasteiger charge is 2.21. The van der Waals surface area contributed by atoms with Crippen molar-refractivity contribution in [1.29, 1.82) is 0 Å². The van der Waals surface area contributed by atoms with Crippen molar-refractivity contribution in [3.8, 4) is 0 Å². The Morgan fingerprint density at radius 2 is 1.77 bits per heavy atom. The standard InChI is InChI=1S/C15H13NO4S2/c1-10(17)14(15-21-8-9-22-15)13(18)7-4-11-2-5-12(6-3-11)16(19)20/h2-7H,8-9H2,1H3/b7-4+. The Kier molecular flexibility index (Phi) is 5.57. The van der Waals surface area contributed by atoms with Crippen molar-refractivity contribution in [3.05, 3.63) is 55.8 Å². The van der Waals surface area contributed by atoms with Crippen LogP contribution in [0.3, 0.4) is 0 Å². The average Bonchev–Trinajstić information content (AvgIpc) is 2.99. The molecule has 0 unspecified atom stereocenters. The van der Waals surface area contributed by atoms with Gasteiger partial charge in [0.1, 0.15) is 0 Å². The smallest absolute Gasteiger partial charge is 0.269 e. The molecular formula is C15H13NO4S2. The Morgan fingerprint density at radius 1 is 1.18 bits per heavy atom. The Morgan fingerprint density at radius 3 is 2.27 bits per heavy atom. The van der Waals surface area contributed by atoms with Crippen LogP contribution in [0.15, 0.2) is 40.2 Å². The minimum Gasteiger partial charge on any atom is -0.294 e. The molecule has 0 aliphatic carbocycles. The molecular weight excluding hydrogens is 322 g/mol. The highest BCUT2D eigenvalue weighted by molar-refractivity contribution is 8.25. The fourth-order valence-corrected chi connectivity index (χ4v) is 4.48. The molecule has 0 radical (unpaired) electrons. The van der Waals surface area contributed by atoms with Crippen LogP contribution in [0.25, 0.3) is 6.08 Å². The molecule has 114 valence electrons. The molecule has 1 aromatic rings. The summed E-state index contributed by atoms with van der Waals surface area (Å²) in [6.07, 6.45) is 2.89. The molecule has 0 saturated carbocycles. The molecule has 5 nitrogen and oxygen atoms in total. The summed E-state index contributed by atoms with van der Waals surface area (Å²) in [6, 6.07) is 5.86. The van der Waals surface area contributed by atoms with Crippen LogP contribution < -0.4 is 0 Å². The SMILES string of the molecule is CC(=O)C(C(=O)/C=C/c1ccc([N+](=O)[O-])cc1)=C1SCCS1. The van der Waals surface area contributed by atoms with E-state index in [-0.39, 0.29) is 22.8 Å². The van der Waals surface area contributed by atoms with E-state index in [0.29, 0.717) is 5.56 Å². The number of nitro groups is 1. The van der Waals surface area contributed by atoms with Gasteiger partial charge < -0.3 is 0 Å². The van der Waals surface area contributed by atoms with Crippen LogP contribution in [-0.4, -0.2) is 28.0 Å². The van der Waals surface area contributed by atoms with E-state index in [0.717, 1.165) is 15.7 Å². The van der Waals surface area contributed by atoms with Crippen molar-refractivity contribution < 1.29 is 14.5 Å². The van der Waals surface area contributed by atoms with Gasteiger partial charge in [-0.05, 0) is 30.7 Å². The van der Waals surface area contributed by atoms with E-state index in [1.165, 1.54) is 48.7 Å². The topological polar surface area (TPSA) is 77.3 Å². The van der Waals surface area contributed by atoms with Gasteiger partial charge >= 0.3 is 0 Å². The predicted molar refractivity (Wildman–Crippen MR) is 89.8 cm³/mol. The van der Waals surface area contributed by atoms with Crippen molar-refractivity contribution in [1.82, 2.24) is 0 Å². The maximum absolute atomic E-state index is 12.2. The fourth-order valence-electron chi connectivity index (χ4n) is 1.83. The Hall–Kier alpha value is -1.86. The number of non-ortho nitro benzene ring substituents is 1. The lowest BCUT2D eigenvalue weighted by molar-refractivity contribution is -0.384. The highest BCUT2D eigenvalue weighted by atomic mass is 32.2. The molecule has 0 atom stereocenters. The highest BCUT2D eigenvalue weighted by Crippen LogP contribution is 2.39. The van der Waals surface area contributed by atoms with Gasteiger partial charge in [0.25, 0.3) is 5.69 Å². The van der Waals surface area contributed by atoms with Gasteiger partial charge in [0.05, 0.1) is 14.7 Å². The number of carbonyl (C=O) groups is 2. The van der Waals surface area contributed by atoms with Gasteiger partial charge in [-0.3, -0.25) is 19.7 Å². The summed E-state index contributed by atoms with van der Waals surface area (Å²) in [4.78, 5) is 34.0. The summed E-state index contributed by atoms with van der Waals surface area (Å²) in [7, 11) is 0. The van der Waals surface area contributed by atoms with E-state index in [1.54, 1.807) is 18.2 Å². The van der Waals surface area contributed by atoms with Gasteiger partial charge in [-0.1, -0.05) is 6.08 Å². The summed E-state index contributed by atoms with van der Waals surface area (Å²) in [6.45, 7) is 1.39. The van der Waals surface area contributed by atoms with Crippen LogP contribution in [0.2, 0.25) is 0 Å². The Balaban J connectivity index is 2.17. The van der Waals surface area contributed by atoms with Crippen LogP contribution >= 0.6 is 23.5 Å². The first-order chi connectivity index (χ1) is 10.5. The molecule has 0 aromatic heterocycles. The lowest BCUT2D eigenvalue weighted by Crippen LogP contribution is -2.08. The van der Waals surface area contributed by atoms with Crippen LogP contribution in [0.5, 0.6) is 0 Å². The van der Waals surface area contributed by atoms with E-state index in [4.69, 9.17) is 0 Å². The van der Waals surface area contributed by atoms with Gasteiger partial charge in [0.15, 0.2) is 11.6 Å². The number of carbonyl (C=O) groups excluding carboxylic acids is 2. The van der Waals surface area contributed by atoms with Gasteiger partial charge in [0.2, 0.25) is 0 Å². The third kappa shape index (κ3) is 4.08. The first-order valence-electron chi connectivity index (χ1n) is 6.46. The van der Waals surface area contributed by atoms with Crippen molar-refractivity contribution in [2.45, 2.75) is 6.92 Å². The number of hydrogen-bond acceptors (Lipinski definition) is 6. The van der Waals surface area contributed by atoms with Crippen LogP contribution in [-0.2, 0) is 9.59 Å². The minimum atomic E-state index is -0.481. The van der Waals surface area contributed by atoms with Gasteiger partial charge in [-0.15, -0.1) is 23.5 Å². The van der Waals surface area contributed by atoms with E-state index in [2.05, 4.69) is 0 Å². The minimum absolute atomic E-state index is 0.00576. The van der Waals surface area contributed by atoms with Crippen molar-refractivity contribution >= 4 is 46.9 Å². The van der Waals surface area contributed by atoms with E-state index >= 15 is 0 Å². The molecule has 1 saturated heterocycles.